The zero-order valence-electron chi connectivity index (χ0n) is 4.09. The maximum atomic E-state index is 9.79. The summed E-state index contributed by atoms with van der Waals surface area (Å²) in [5.41, 5.74) is 0. The van der Waals surface area contributed by atoms with Crippen LogP contribution in [-0.2, 0) is 10.1 Å². The molecule has 0 unspecified atom stereocenters. The molecular weight excluding hydrogens is 156 g/mol. The monoisotopic (exact) mass is 166 g/mol. The van der Waals surface area contributed by atoms with Gasteiger partial charge in [-0.3, -0.25) is 4.55 Å². The Morgan fingerprint density at radius 1 is 1.50 bits per heavy atom. The normalized spacial score (nSPS) is 10.2. The van der Waals surface area contributed by atoms with Gasteiger partial charge in [0.1, 0.15) is 0 Å². The number of hydrogen-bond donors (Lipinski definition) is 1. The topological polar surface area (TPSA) is 54.4 Å². The van der Waals surface area contributed by atoms with Gasteiger partial charge in [0, 0.05) is 0 Å². The molecule has 0 rings (SSSR count). The Morgan fingerprint density at radius 2 is 1.88 bits per heavy atom. The predicted molar refractivity (Wildman–Crippen MR) is 35.3 cm³/mol. The van der Waals surface area contributed by atoms with E-state index in [-0.39, 0.29) is 43.5 Å². The Hall–Kier alpha value is 1.17. The van der Waals surface area contributed by atoms with Gasteiger partial charge in [0.25, 0.3) is 10.1 Å². The van der Waals surface area contributed by atoms with Crippen LogP contribution in [0.1, 0.15) is 13.3 Å². The van der Waals surface area contributed by atoms with Gasteiger partial charge in [-0.2, -0.15) is 8.42 Å². The molecule has 0 spiro atoms. The van der Waals surface area contributed by atoms with Crippen LogP contribution in [0.25, 0.3) is 0 Å². The second kappa shape index (κ2) is 4.99. The molecular formula is C3H10CaO3S. The first kappa shape index (κ1) is 11.9. The molecule has 48 valence electrons. The second-order valence-corrected chi connectivity index (χ2v) is 2.86. The molecule has 1 N–H and O–H groups in total. The van der Waals surface area contributed by atoms with Crippen LogP contribution in [0.15, 0.2) is 0 Å². The van der Waals surface area contributed by atoms with Crippen LogP contribution in [0.2, 0.25) is 0 Å². The third-order valence-electron chi connectivity index (χ3n) is 0.462. The van der Waals surface area contributed by atoms with Gasteiger partial charge in [0.05, 0.1) is 5.75 Å². The van der Waals surface area contributed by atoms with Gasteiger partial charge in [-0.05, 0) is 6.42 Å². The van der Waals surface area contributed by atoms with Gasteiger partial charge in [-0.15, -0.1) is 0 Å². The fourth-order valence-corrected chi connectivity index (χ4v) is 0.774. The van der Waals surface area contributed by atoms with E-state index in [0.29, 0.717) is 6.42 Å². The van der Waals surface area contributed by atoms with E-state index in [1.807, 2.05) is 0 Å². The minimum atomic E-state index is -3.67. The van der Waals surface area contributed by atoms with Crippen LogP contribution in [-0.4, -0.2) is 56.5 Å². The number of hydrogen-bond acceptors (Lipinski definition) is 2. The Bertz CT molecular complexity index is 127. The zero-order chi connectivity index (χ0) is 5.91. The first-order chi connectivity index (χ1) is 3.06. The molecule has 0 atom stereocenters. The summed E-state index contributed by atoms with van der Waals surface area (Å²) < 4.78 is 27.6. The fourth-order valence-electron chi connectivity index (χ4n) is 0.258. The van der Waals surface area contributed by atoms with E-state index in [0.717, 1.165) is 0 Å². The molecule has 8 heavy (non-hydrogen) atoms. The molecule has 0 amide bonds. The third-order valence-corrected chi connectivity index (χ3v) is 1.39. The van der Waals surface area contributed by atoms with E-state index < -0.39 is 10.1 Å². The molecule has 0 aromatic rings. The van der Waals surface area contributed by atoms with Crippen LogP contribution < -0.4 is 0 Å². The summed E-state index contributed by atoms with van der Waals surface area (Å²) in [6, 6.07) is 0. The maximum absolute atomic E-state index is 9.79. The van der Waals surface area contributed by atoms with Crippen LogP contribution in [0.4, 0.5) is 0 Å². The van der Waals surface area contributed by atoms with Gasteiger partial charge in [0.15, 0.2) is 0 Å². The van der Waals surface area contributed by atoms with Gasteiger partial charge < -0.3 is 0 Å². The van der Waals surface area contributed by atoms with Crippen molar-refractivity contribution in [3.05, 3.63) is 0 Å². The summed E-state index contributed by atoms with van der Waals surface area (Å²) in [4.78, 5) is 0. The second-order valence-electron chi connectivity index (χ2n) is 1.29. The third kappa shape index (κ3) is 10.2. The van der Waals surface area contributed by atoms with Crippen LogP contribution in [0, 0.1) is 0 Å². The van der Waals surface area contributed by atoms with Crippen molar-refractivity contribution < 1.29 is 13.0 Å². The molecule has 3 nitrogen and oxygen atoms in total. The van der Waals surface area contributed by atoms with Crippen LogP contribution >= 0.6 is 0 Å². The Balaban J connectivity index is 0. The van der Waals surface area contributed by atoms with Gasteiger partial charge >= 0.3 is 37.7 Å². The number of rotatable bonds is 2. The Kier molecular flexibility index (Phi) is 7.43. The molecule has 0 aliphatic heterocycles. The fraction of sp³-hybridized carbons (Fsp3) is 1.00. The molecule has 0 saturated heterocycles. The summed E-state index contributed by atoms with van der Waals surface area (Å²) >= 11 is 0. The molecule has 0 fully saturated rings. The molecule has 0 saturated carbocycles. The summed E-state index contributed by atoms with van der Waals surface area (Å²) in [6.45, 7) is 1.69. The zero-order valence-corrected chi connectivity index (χ0v) is 4.90. The molecule has 0 radical (unpaired) electrons. The molecule has 0 aliphatic carbocycles. The Morgan fingerprint density at radius 3 is 1.88 bits per heavy atom. The van der Waals surface area contributed by atoms with E-state index in [4.69, 9.17) is 4.55 Å². The quantitative estimate of drug-likeness (QED) is 0.439. The van der Waals surface area contributed by atoms with Crippen LogP contribution in [0.3, 0.4) is 0 Å². The summed E-state index contributed by atoms with van der Waals surface area (Å²) in [7, 11) is -3.67. The van der Waals surface area contributed by atoms with Gasteiger partial charge in [-0.25, -0.2) is 0 Å². The van der Waals surface area contributed by atoms with Crippen molar-refractivity contribution in [2.24, 2.45) is 0 Å². The van der Waals surface area contributed by atoms with Crippen molar-refractivity contribution in [3.63, 3.8) is 0 Å². The molecule has 0 bridgehead atoms. The van der Waals surface area contributed by atoms with Crippen molar-refractivity contribution >= 4 is 47.9 Å². The van der Waals surface area contributed by atoms with Gasteiger partial charge in [0.2, 0.25) is 0 Å². The van der Waals surface area contributed by atoms with Crippen molar-refractivity contribution in [1.29, 1.82) is 0 Å². The minimum absolute atomic E-state index is 0. The van der Waals surface area contributed by atoms with Gasteiger partial charge in [-0.1, -0.05) is 6.92 Å². The average Bonchev–Trinajstić information content (AvgIpc) is 1.30. The predicted octanol–water partition coefficient (Wildman–Crippen LogP) is -0.632. The molecule has 0 aromatic carbocycles. The van der Waals surface area contributed by atoms with E-state index in [1.165, 1.54) is 0 Å². The molecule has 5 heteroatoms. The first-order valence-corrected chi connectivity index (χ1v) is 3.62. The summed E-state index contributed by atoms with van der Waals surface area (Å²) in [5.74, 6) is -0.132. The van der Waals surface area contributed by atoms with Crippen molar-refractivity contribution in [2.45, 2.75) is 13.3 Å². The average molecular weight is 166 g/mol. The van der Waals surface area contributed by atoms with E-state index in [9.17, 15) is 8.42 Å². The van der Waals surface area contributed by atoms with Crippen molar-refractivity contribution in [1.82, 2.24) is 0 Å². The molecule has 0 heterocycles. The summed E-state index contributed by atoms with van der Waals surface area (Å²) in [6.07, 6.45) is 0.471. The SMILES string of the molecule is CCCS(=O)(=O)O.[CaH2]. The van der Waals surface area contributed by atoms with Crippen molar-refractivity contribution in [2.75, 3.05) is 5.75 Å². The Labute approximate surface area is 79.2 Å². The molecule has 0 aromatic heterocycles. The standard InChI is InChI=1S/C3H8O3S.Ca.2H/c1-2-3-7(4,5)6;;;/h2-3H2,1H3,(H,4,5,6);;;. The van der Waals surface area contributed by atoms with E-state index in [2.05, 4.69) is 0 Å². The van der Waals surface area contributed by atoms with Crippen molar-refractivity contribution in [3.8, 4) is 0 Å². The van der Waals surface area contributed by atoms with E-state index >= 15 is 0 Å². The molecule has 0 aliphatic rings. The van der Waals surface area contributed by atoms with E-state index in [1.54, 1.807) is 6.92 Å². The summed E-state index contributed by atoms with van der Waals surface area (Å²) in [5, 5.41) is 0. The van der Waals surface area contributed by atoms with Crippen LogP contribution in [0.5, 0.6) is 0 Å². The first-order valence-electron chi connectivity index (χ1n) is 2.01.